The summed E-state index contributed by atoms with van der Waals surface area (Å²) in [6.07, 6.45) is 0. The van der Waals surface area contributed by atoms with Gasteiger partial charge < -0.3 is 29.6 Å². The van der Waals surface area contributed by atoms with Gasteiger partial charge in [-0.3, -0.25) is 0 Å². The Hall–Kier alpha value is -1.87. The van der Waals surface area contributed by atoms with Crippen LogP contribution in [0.1, 0.15) is 5.89 Å². The lowest BCUT2D eigenvalue weighted by molar-refractivity contribution is 0.195. The molecule has 0 spiro atoms. The molecule has 1 atom stereocenters. The maximum atomic E-state index is 11.6. The van der Waals surface area contributed by atoms with Crippen LogP contribution in [0.4, 0.5) is 10.8 Å². The highest BCUT2D eigenvalue weighted by Gasteiger charge is 2.36. The summed E-state index contributed by atoms with van der Waals surface area (Å²) in [7, 11) is 1.66. The number of carbonyl (C=O) groups is 1. The molecule has 2 amide bonds. The zero-order valence-corrected chi connectivity index (χ0v) is 12.0. The van der Waals surface area contributed by atoms with E-state index in [9.17, 15) is 4.79 Å². The molecule has 1 aromatic heterocycles. The van der Waals surface area contributed by atoms with Gasteiger partial charge in [0.15, 0.2) is 0 Å². The number of fused-ring (bicyclic) bond motifs is 1. The summed E-state index contributed by atoms with van der Waals surface area (Å²) in [5, 5.41) is 14.1. The van der Waals surface area contributed by atoms with Gasteiger partial charge in [0, 0.05) is 39.8 Å². The Bertz CT molecular complexity index is 493. The highest BCUT2D eigenvalue weighted by molar-refractivity contribution is 5.77. The number of methoxy groups -OCH3 is 1. The molecule has 0 aliphatic carbocycles. The first-order chi connectivity index (χ1) is 10.3. The molecule has 3 heterocycles. The lowest BCUT2D eigenvalue weighted by atomic mass is 10.2. The van der Waals surface area contributed by atoms with Crippen molar-refractivity contribution in [1.82, 2.24) is 25.7 Å². The van der Waals surface area contributed by atoms with E-state index in [2.05, 4.69) is 20.8 Å². The molecule has 0 aromatic carbocycles. The molecule has 21 heavy (non-hydrogen) atoms. The minimum Gasteiger partial charge on any atom is -0.407 e. The minimum atomic E-state index is 0.0215. The standard InChI is InChI=1S/C12H20N6O3/c1-20-5-2-13-7-10-15-16-12(21-10)17-3-4-18-9(8-17)6-14-11(18)19/h9,13H,2-8H2,1H3,(H,14,19). The number of hydrogen-bond acceptors (Lipinski definition) is 7. The molecule has 2 aliphatic heterocycles. The molecule has 3 rings (SSSR count). The van der Waals surface area contributed by atoms with E-state index in [0.29, 0.717) is 44.7 Å². The molecule has 1 aromatic rings. The largest absolute Gasteiger partial charge is 0.407 e. The van der Waals surface area contributed by atoms with Crippen LogP contribution >= 0.6 is 0 Å². The van der Waals surface area contributed by atoms with Gasteiger partial charge >= 0.3 is 12.0 Å². The van der Waals surface area contributed by atoms with Crippen molar-refractivity contribution in [3.63, 3.8) is 0 Å². The summed E-state index contributed by atoms with van der Waals surface area (Å²) < 4.78 is 10.6. The molecule has 9 heteroatoms. The van der Waals surface area contributed by atoms with Gasteiger partial charge in [0.2, 0.25) is 5.89 Å². The Kier molecular flexibility index (Phi) is 4.20. The Balaban J connectivity index is 1.53. The third-order valence-corrected chi connectivity index (χ3v) is 3.72. The van der Waals surface area contributed by atoms with Crippen LogP contribution < -0.4 is 15.5 Å². The fourth-order valence-corrected chi connectivity index (χ4v) is 2.59. The molecular weight excluding hydrogens is 276 g/mol. The predicted molar refractivity (Wildman–Crippen MR) is 74.0 cm³/mol. The zero-order chi connectivity index (χ0) is 14.7. The van der Waals surface area contributed by atoms with Crippen LogP contribution in [-0.2, 0) is 11.3 Å². The summed E-state index contributed by atoms with van der Waals surface area (Å²) in [5.74, 6) is 0.559. The second-order valence-corrected chi connectivity index (χ2v) is 5.13. The van der Waals surface area contributed by atoms with Crippen LogP contribution in [0.15, 0.2) is 4.42 Å². The first-order valence-electron chi connectivity index (χ1n) is 7.09. The third-order valence-electron chi connectivity index (χ3n) is 3.72. The van der Waals surface area contributed by atoms with Crippen molar-refractivity contribution < 1.29 is 13.9 Å². The topological polar surface area (TPSA) is 95.8 Å². The van der Waals surface area contributed by atoms with Crippen LogP contribution in [0.5, 0.6) is 0 Å². The number of anilines is 1. The van der Waals surface area contributed by atoms with E-state index in [4.69, 9.17) is 9.15 Å². The quantitative estimate of drug-likeness (QED) is 0.651. The molecule has 0 bridgehead atoms. The third kappa shape index (κ3) is 3.08. The van der Waals surface area contributed by atoms with Gasteiger partial charge in [-0.15, -0.1) is 5.10 Å². The predicted octanol–water partition coefficient (Wildman–Crippen LogP) is -0.981. The number of piperazine rings is 1. The maximum Gasteiger partial charge on any atom is 0.318 e. The van der Waals surface area contributed by atoms with Crippen molar-refractivity contribution in [2.24, 2.45) is 0 Å². The number of nitrogens with one attached hydrogen (secondary N) is 2. The molecule has 2 saturated heterocycles. The van der Waals surface area contributed by atoms with Gasteiger partial charge in [-0.05, 0) is 0 Å². The van der Waals surface area contributed by atoms with Gasteiger partial charge in [-0.2, -0.15) is 0 Å². The van der Waals surface area contributed by atoms with E-state index in [1.54, 1.807) is 7.11 Å². The molecule has 2 N–H and O–H groups in total. The van der Waals surface area contributed by atoms with Crippen molar-refractivity contribution in [2.75, 3.05) is 51.3 Å². The normalized spacial score (nSPS) is 21.6. The number of aromatic nitrogens is 2. The maximum absolute atomic E-state index is 11.6. The molecule has 0 saturated carbocycles. The van der Waals surface area contributed by atoms with E-state index in [-0.39, 0.29) is 12.1 Å². The van der Waals surface area contributed by atoms with Crippen molar-refractivity contribution >= 4 is 12.0 Å². The average Bonchev–Trinajstić information content (AvgIpc) is 3.11. The number of ether oxygens (including phenoxy) is 1. The molecule has 2 fully saturated rings. The molecule has 0 radical (unpaired) electrons. The van der Waals surface area contributed by atoms with Crippen LogP contribution in [0.2, 0.25) is 0 Å². The summed E-state index contributed by atoms with van der Waals surface area (Å²) in [5.41, 5.74) is 0. The average molecular weight is 296 g/mol. The SMILES string of the molecule is COCCNCc1nnc(N2CCN3C(=O)NCC3C2)o1. The van der Waals surface area contributed by atoms with Gasteiger partial charge in [0.05, 0.1) is 19.2 Å². The number of amides is 2. The number of rotatable bonds is 6. The number of nitrogens with zero attached hydrogens (tertiary/aromatic N) is 4. The second kappa shape index (κ2) is 6.27. The molecule has 116 valence electrons. The summed E-state index contributed by atoms with van der Waals surface area (Å²) >= 11 is 0. The van der Waals surface area contributed by atoms with Crippen molar-refractivity contribution in [3.05, 3.63) is 5.89 Å². The Morgan fingerprint density at radius 2 is 2.38 bits per heavy atom. The summed E-state index contributed by atoms with van der Waals surface area (Å²) in [4.78, 5) is 15.4. The van der Waals surface area contributed by atoms with Crippen LogP contribution in [0, 0.1) is 0 Å². The van der Waals surface area contributed by atoms with Crippen molar-refractivity contribution in [1.29, 1.82) is 0 Å². The van der Waals surface area contributed by atoms with Gasteiger partial charge in [0.25, 0.3) is 0 Å². The zero-order valence-electron chi connectivity index (χ0n) is 12.0. The van der Waals surface area contributed by atoms with Crippen LogP contribution in [-0.4, -0.2) is 73.6 Å². The molecular formula is C12H20N6O3. The number of hydrogen-bond donors (Lipinski definition) is 2. The summed E-state index contributed by atoms with van der Waals surface area (Å²) in [6, 6.07) is 0.729. The monoisotopic (exact) mass is 296 g/mol. The molecule has 1 unspecified atom stereocenters. The van der Waals surface area contributed by atoms with Crippen molar-refractivity contribution in [3.8, 4) is 0 Å². The summed E-state index contributed by atoms with van der Waals surface area (Å²) in [6.45, 7) is 4.70. The highest BCUT2D eigenvalue weighted by Crippen LogP contribution is 2.20. The fourth-order valence-electron chi connectivity index (χ4n) is 2.59. The van der Waals surface area contributed by atoms with E-state index < -0.39 is 0 Å². The molecule has 9 nitrogen and oxygen atoms in total. The van der Waals surface area contributed by atoms with Crippen LogP contribution in [0.25, 0.3) is 0 Å². The fraction of sp³-hybridized carbons (Fsp3) is 0.750. The first-order valence-corrected chi connectivity index (χ1v) is 7.09. The lowest BCUT2D eigenvalue weighted by Gasteiger charge is -2.35. The van der Waals surface area contributed by atoms with Crippen molar-refractivity contribution in [2.45, 2.75) is 12.6 Å². The van der Waals surface area contributed by atoms with E-state index >= 15 is 0 Å². The molecule has 2 aliphatic rings. The highest BCUT2D eigenvalue weighted by atomic mass is 16.5. The van der Waals surface area contributed by atoms with E-state index in [0.717, 1.165) is 13.1 Å². The Labute approximate surface area is 122 Å². The van der Waals surface area contributed by atoms with Gasteiger partial charge in [0.1, 0.15) is 0 Å². The van der Waals surface area contributed by atoms with E-state index in [1.165, 1.54) is 0 Å². The Morgan fingerprint density at radius 3 is 3.24 bits per heavy atom. The second-order valence-electron chi connectivity index (χ2n) is 5.13. The van der Waals surface area contributed by atoms with Gasteiger partial charge in [-0.25, -0.2) is 4.79 Å². The van der Waals surface area contributed by atoms with Gasteiger partial charge in [-0.1, -0.05) is 5.10 Å². The smallest absolute Gasteiger partial charge is 0.318 e. The first kappa shape index (κ1) is 14.1. The lowest BCUT2D eigenvalue weighted by Crippen LogP contribution is -2.52. The Morgan fingerprint density at radius 1 is 1.48 bits per heavy atom. The van der Waals surface area contributed by atoms with Crippen LogP contribution in [0.3, 0.4) is 0 Å². The number of urea groups is 1. The number of carbonyl (C=O) groups excluding carboxylic acids is 1. The minimum absolute atomic E-state index is 0.0215. The van der Waals surface area contributed by atoms with E-state index in [1.807, 2.05) is 9.80 Å².